The second-order valence-electron chi connectivity index (χ2n) is 6.02. The second kappa shape index (κ2) is 4.57. The molecule has 0 saturated heterocycles. The second-order valence-corrected chi connectivity index (χ2v) is 6.02. The van der Waals surface area contributed by atoms with Gasteiger partial charge in [-0.1, -0.05) is 19.0 Å². The summed E-state index contributed by atoms with van der Waals surface area (Å²) in [5, 5.41) is 23.7. The summed E-state index contributed by atoms with van der Waals surface area (Å²) in [5.74, 6) is 1.36. The Hall–Kier alpha value is -1.92. The molecule has 2 fully saturated rings. The van der Waals surface area contributed by atoms with Crippen molar-refractivity contribution in [2.24, 2.45) is 17.0 Å². The summed E-state index contributed by atoms with van der Waals surface area (Å²) in [7, 11) is 0. The SMILES string of the molecule is CC(C)c1nc([N+](=O)[O-])cn1[C@@H]1/C(=N\O)[C@H]2CC[C@@H]1C2. The van der Waals surface area contributed by atoms with E-state index in [9.17, 15) is 15.3 Å². The fourth-order valence-electron chi connectivity index (χ4n) is 3.70. The molecule has 2 saturated carbocycles. The normalized spacial score (nSPS) is 30.6. The number of oxime groups is 1. The van der Waals surface area contributed by atoms with Crippen LogP contribution in [0.15, 0.2) is 11.4 Å². The van der Waals surface area contributed by atoms with Crippen LogP contribution in [0.5, 0.6) is 0 Å². The lowest BCUT2D eigenvalue weighted by atomic mass is 9.92. The zero-order valence-corrected chi connectivity index (χ0v) is 11.6. The summed E-state index contributed by atoms with van der Waals surface area (Å²) >= 11 is 0. The standard InChI is InChI=1S/C13H18N4O3/c1-7(2)13-14-10(17(19)20)6-16(13)12-9-4-3-8(5-9)11(12)15-18/h6-9,12,18H,3-5H2,1-2H3/b15-11-/t8-,9+,12-/m0/s1. The highest BCUT2D eigenvalue weighted by molar-refractivity contribution is 5.93. The van der Waals surface area contributed by atoms with Crippen LogP contribution in [0.3, 0.4) is 0 Å². The van der Waals surface area contributed by atoms with Crippen LogP contribution in [0.4, 0.5) is 5.82 Å². The minimum absolute atomic E-state index is 0.0719. The van der Waals surface area contributed by atoms with Gasteiger partial charge in [0.15, 0.2) is 0 Å². The van der Waals surface area contributed by atoms with Crippen molar-refractivity contribution in [3.8, 4) is 0 Å². The van der Waals surface area contributed by atoms with Gasteiger partial charge in [0, 0.05) is 11.8 Å². The lowest BCUT2D eigenvalue weighted by molar-refractivity contribution is -0.389. The van der Waals surface area contributed by atoms with Gasteiger partial charge in [-0.3, -0.25) is 4.57 Å². The highest BCUT2D eigenvalue weighted by atomic mass is 16.6. The molecule has 0 unspecified atom stereocenters. The molecule has 1 N–H and O–H groups in total. The van der Waals surface area contributed by atoms with Crippen molar-refractivity contribution in [2.75, 3.05) is 0 Å². The quantitative estimate of drug-likeness (QED) is 0.522. The van der Waals surface area contributed by atoms with E-state index in [2.05, 4.69) is 10.1 Å². The van der Waals surface area contributed by atoms with Crippen molar-refractivity contribution >= 4 is 11.5 Å². The van der Waals surface area contributed by atoms with Crippen molar-refractivity contribution in [2.45, 2.75) is 45.1 Å². The van der Waals surface area contributed by atoms with E-state index in [0.29, 0.717) is 17.7 Å². The van der Waals surface area contributed by atoms with E-state index >= 15 is 0 Å². The van der Waals surface area contributed by atoms with E-state index in [1.54, 1.807) is 0 Å². The molecule has 0 aliphatic heterocycles. The molecular weight excluding hydrogens is 260 g/mol. The van der Waals surface area contributed by atoms with E-state index in [4.69, 9.17) is 0 Å². The van der Waals surface area contributed by atoms with Crippen LogP contribution in [0, 0.1) is 22.0 Å². The van der Waals surface area contributed by atoms with Crippen molar-refractivity contribution in [3.05, 3.63) is 22.1 Å². The summed E-state index contributed by atoms with van der Waals surface area (Å²) in [6.07, 6.45) is 4.63. The molecule has 0 amide bonds. The minimum atomic E-state index is -0.467. The van der Waals surface area contributed by atoms with Gasteiger partial charge in [0.05, 0.1) is 11.8 Å². The van der Waals surface area contributed by atoms with Crippen LogP contribution in [0.25, 0.3) is 0 Å². The number of imidazole rings is 1. The fourth-order valence-corrected chi connectivity index (χ4v) is 3.70. The van der Waals surface area contributed by atoms with Crippen LogP contribution in [0.2, 0.25) is 0 Å². The molecule has 2 bridgehead atoms. The van der Waals surface area contributed by atoms with Crippen molar-refractivity contribution in [3.63, 3.8) is 0 Å². The van der Waals surface area contributed by atoms with Gasteiger partial charge in [-0.25, -0.2) is 0 Å². The monoisotopic (exact) mass is 278 g/mol. The first-order valence-electron chi connectivity index (χ1n) is 6.98. The third kappa shape index (κ3) is 1.80. The van der Waals surface area contributed by atoms with Crippen molar-refractivity contribution in [1.82, 2.24) is 9.55 Å². The average Bonchev–Trinajstić information content (AvgIpc) is 3.10. The lowest BCUT2D eigenvalue weighted by Gasteiger charge is -2.24. The van der Waals surface area contributed by atoms with Gasteiger partial charge in [-0.15, -0.1) is 0 Å². The predicted molar refractivity (Wildman–Crippen MR) is 72.1 cm³/mol. The van der Waals surface area contributed by atoms with Gasteiger partial charge < -0.3 is 15.3 Å². The summed E-state index contributed by atoms with van der Waals surface area (Å²) in [5.41, 5.74) is 0.760. The maximum Gasteiger partial charge on any atom is 0.381 e. The number of nitrogens with zero attached hydrogens (tertiary/aromatic N) is 4. The number of fused-ring (bicyclic) bond motifs is 2. The van der Waals surface area contributed by atoms with Crippen LogP contribution in [-0.4, -0.2) is 25.4 Å². The van der Waals surface area contributed by atoms with Gasteiger partial charge in [-0.2, -0.15) is 0 Å². The van der Waals surface area contributed by atoms with E-state index in [0.717, 1.165) is 25.0 Å². The molecule has 7 nitrogen and oxygen atoms in total. The van der Waals surface area contributed by atoms with Gasteiger partial charge in [0.2, 0.25) is 5.82 Å². The molecule has 0 spiro atoms. The summed E-state index contributed by atoms with van der Waals surface area (Å²) < 4.78 is 1.86. The lowest BCUT2D eigenvalue weighted by Crippen LogP contribution is -2.27. The first-order valence-corrected chi connectivity index (χ1v) is 6.98. The van der Waals surface area contributed by atoms with Crippen LogP contribution >= 0.6 is 0 Å². The van der Waals surface area contributed by atoms with Crippen LogP contribution in [-0.2, 0) is 0 Å². The Bertz CT molecular complexity index is 578. The number of aromatic nitrogens is 2. The smallest absolute Gasteiger partial charge is 0.381 e. The Kier molecular flexibility index (Phi) is 2.99. The van der Waals surface area contributed by atoms with E-state index < -0.39 is 4.92 Å². The molecule has 1 aromatic rings. The number of nitro groups is 1. The van der Waals surface area contributed by atoms with Crippen molar-refractivity contribution < 1.29 is 10.1 Å². The highest BCUT2D eigenvalue weighted by Gasteiger charge is 2.48. The molecule has 0 radical (unpaired) electrons. The third-order valence-corrected chi connectivity index (χ3v) is 4.51. The molecule has 1 heterocycles. The van der Waals surface area contributed by atoms with Crippen LogP contribution < -0.4 is 0 Å². The Morgan fingerprint density at radius 3 is 2.90 bits per heavy atom. The third-order valence-electron chi connectivity index (χ3n) is 4.51. The topological polar surface area (TPSA) is 93.5 Å². The number of hydrogen-bond donors (Lipinski definition) is 1. The molecule has 7 heteroatoms. The largest absolute Gasteiger partial charge is 0.411 e. The Balaban J connectivity index is 2.07. The first-order chi connectivity index (χ1) is 9.52. The first kappa shape index (κ1) is 13.1. The fraction of sp³-hybridized carbons (Fsp3) is 0.692. The summed E-state index contributed by atoms with van der Waals surface area (Å²) in [6.45, 7) is 3.93. The van der Waals surface area contributed by atoms with Gasteiger partial charge in [-0.05, 0) is 35.1 Å². The molecule has 2 aliphatic carbocycles. The number of rotatable bonds is 3. The molecule has 1 aromatic heterocycles. The van der Waals surface area contributed by atoms with Crippen molar-refractivity contribution in [1.29, 1.82) is 0 Å². The molecule has 0 aromatic carbocycles. The Labute approximate surface area is 116 Å². The van der Waals surface area contributed by atoms with Gasteiger partial charge in [0.25, 0.3) is 0 Å². The Morgan fingerprint density at radius 2 is 2.30 bits per heavy atom. The molecule has 2 aliphatic rings. The van der Waals surface area contributed by atoms with E-state index in [1.165, 1.54) is 6.20 Å². The average molecular weight is 278 g/mol. The predicted octanol–water partition coefficient (Wildman–Crippen LogP) is 2.72. The van der Waals surface area contributed by atoms with Gasteiger partial charge >= 0.3 is 5.82 Å². The minimum Gasteiger partial charge on any atom is -0.411 e. The summed E-state index contributed by atoms with van der Waals surface area (Å²) in [4.78, 5) is 14.6. The van der Waals surface area contributed by atoms with E-state index in [1.807, 2.05) is 18.4 Å². The van der Waals surface area contributed by atoms with Crippen LogP contribution in [0.1, 0.15) is 50.9 Å². The van der Waals surface area contributed by atoms with E-state index in [-0.39, 0.29) is 17.8 Å². The molecule has 3 atom stereocenters. The zero-order chi connectivity index (χ0) is 14.4. The number of hydrogen-bond acceptors (Lipinski definition) is 5. The molecular formula is C13H18N4O3. The summed E-state index contributed by atoms with van der Waals surface area (Å²) in [6, 6.07) is -0.0719. The zero-order valence-electron chi connectivity index (χ0n) is 11.6. The maximum atomic E-state index is 11.0. The molecule has 108 valence electrons. The van der Waals surface area contributed by atoms with Gasteiger partial charge in [0.1, 0.15) is 6.20 Å². The maximum absolute atomic E-state index is 11.0. The molecule has 20 heavy (non-hydrogen) atoms. The molecule has 3 rings (SSSR count). The highest BCUT2D eigenvalue weighted by Crippen LogP contribution is 2.49. The Morgan fingerprint density at radius 1 is 1.55 bits per heavy atom.